The van der Waals surface area contributed by atoms with Crippen LogP contribution in [0.3, 0.4) is 0 Å². The van der Waals surface area contributed by atoms with Gasteiger partial charge in [-0.2, -0.15) is 0 Å². The fourth-order valence-corrected chi connectivity index (χ4v) is 3.87. The van der Waals surface area contributed by atoms with Crippen LogP contribution in [0.2, 0.25) is 5.02 Å². The van der Waals surface area contributed by atoms with Crippen LogP contribution in [0.15, 0.2) is 30.3 Å². The van der Waals surface area contributed by atoms with Crippen LogP contribution in [0, 0.1) is 5.92 Å². The molecular formula is C23H25ClN2O7. The van der Waals surface area contributed by atoms with Gasteiger partial charge < -0.3 is 29.2 Å². The zero-order valence-electron chi connectivity index (χ0n) is 18.8. The molecular weight excluding hydrogens is 452 g/mol. The summed E-state index contributed by atoms with van der Waals surface area (Å²) >= 11 is 6.23. The standard InChI is InChI=1S/C23H25ClN2O7/c1-30-18-6-5-13(7-15(18)23(29)33-4)11-25-22(28)14-8-21(27)26(12-14)17-9-16(24)19(31-2)10-20(17)32-3/h5-7,9-10,14H,8,11-12H2,1-4H3,(H,25,28)/t14-/m0/s1. The van der Waals surface area contributed by atoms with Crippen molar-refractivity contribution < 1.29 is 33.3 Å². The normalized spacial score (nSPS) is 15.2. The van der Waals surface area contributed by atoms with E-state index < -0.39 is 11.9 Å². The van der Waals surface area contributed by atoms with Crippen molar-refractivity contribution in [2.45, 2.75) is 13.0 Å². The summed E-state index contributed by atoms with van der Waals surface area (Å²) in [5, 5.41) is 3.15. The summed E-state index contributed by atoms with van der Waals surface area (Å²) in [6, 6.07) is 8.15. The summed E-state index contributed by atoms with van der Waals surface area (Å²) < 4.78 is 20.5. The Balaban J connectivity index is 1.70. The van der Waals surface area contributed by atoms with Crippen molar-refractivity contribution in [1.82, 2.24) is 5.32 Å². The molecule has 1 heterocycles. The van der Waals surface area contributed by atoms with Gasteiger partial charge >= 0.3 is 5.97 Å². The highest BCUT2D eigenvalue weighted by molar-refractivity contribution is 6.32. The highest BCUT2D eigenvalue weighted by Gasteiger charge is 2.36. The zero-order valence-corrected chi connectivity index (χ0v) is 19.5. The molecule has 0 aliphatic carbocycles. The first kappa shape index (κ1) is 24.2. The van der Waals surface area contributed by atoms with Gasteiger partial charge in [0, 0.05) is 25.6 Å². The van der Waals surface area contributed by atoms with Crippen molar-refractivity contribution in [1.29, 1.82) is 0 Å². The molecule has 1 saturated heterocycles. The molecule has 2 aromatic carbocycles. The van der Waals surface area contributed by atoms with Crippen LogP contribution in [-0.4, -0.2) is 52.8 Å². The third-order valence-corrected chi connectivity index (χ3v) is 5.67. The Morgan fingerprint density at radius 1 is 1.03 bits per heavy atom. The van der Waals surface area contributed by atoms with Crippen LogP contribution in [-0.2, 0) is 20.9 Å². The Morgan fingerprint density at radius 3 is 2.36 bits per heavy atom. The van der Waals surface area contributed by atoms with Gasteiger partial charge in [-0.15, -0.1) is 0 Å². The first-order valence-corrected chi connectivity index (χ1v) is 10.5. The lowest BCUT2D eigenvalue weighted by molar-refractivity contribution is -0.126. The maximum Gasteiger partial charge on any atom is 0.341 e. The van der Waals surface area contributed by atoms with Crippen LogP contribution in [0.1, 0.15) is 22.3 Å². The molecule has 9 nitrogen and oxygen atoms in total. The lowest BCUT2D eigenvalue weighted by atomic mass is 10.1. The Hall–Kier alpha value is -3.46. The minimum absolute atomic E-state index is 0.0503. The zero-order chi connectivity index (χ0) is 24.1. The second-order valence-corrected chi connectivity index (χ2v) is 7.72. The van der Waals surface area contributed by atoms with Crippen LogP contribution in [0.25, 0.3) is 0 Å². The minimum atomic E-state index is -0.554. The highest BCUT2D eigenvalue weighted by Crippen LogP contribution is 2.40. The largest absolute Gasteiger partial charge is 0.496 e. The van der Waals surface area contributed by atoms with E-state index in [0.717, 1.165) is 0 Å². The number of esters is 1. The summed E-state index contributed by atoms with van der Waals surface area (Å²) in [5.74, 6) is -0.373. The van der Waals surface area contributed by atoms with Gasteiger partial charge in [0.15, 0.2) is 0 Å². The Kier molecular flexibility index (Phi) is 7.65. The number of hydrogen-bond donors (Lipinski definition) is 1. The number of rotatable bonds is 8. The van der Waals surface area contributed by atoms with Gasteiger partial charge in [0.2, 0.25) is 11.8 Å². The van der Waals surface area contributed by atoms with E-state index in [9.17, 15) is 14.4 Å². The van der Waals surface area contributed by atoms with Crippen molar-refractivity contribution >= 4 is 35.1 Å². The van der Waals surface area contributed by atoms with Crippen LogP contribution in [0.5, 0.6) is 17.2 Å². The smallest absolute Gasteiger partial charge is 0.341 e. The molecule has 1 atom stereocenters. The van der Waals surface area contributed by atoms with E-state index in [2.05, 4.69) is 5.32 Å². The van der Waals surface area contributed by atoms with Crippen LogP contribution < -0.4 is 24.4 Å². The van der Waals surface area contributed by atoms with E-state index in [0.29, 0.717) is 33.5 Å². The number of amides is 2. The Labute approximate surface area is 196 Å². The second kappa shape index (κ2) is 10.4. The van der Waals surface area contributed by atoms with Gasteiger partial charge in [-0.05, 0) is 23.8 Å². The van der Waals surface area contributed by atoms with E-state index in [-0.39, 0.29) is 36.9 Å². The molecule has 0 aromatic heterocycles. The van der Waals surface area contributed by atoms with Crippen molar-refractivity contribution in [3.63, 3.8) is 0 Å². The number of benzene rings is 2. The number of methoxy groups -OCH3 is 4. The maximum atomic E-state index is 12.8. The Bertz CT molecular complexity index is 1070. The predicted molar refractivity (Wildman–Crippen MR) is 121 cm³/mol. The summed E-state index contributed by atoms with van der Waals surface area (Å²) in [6.07, 6.45) is 0.0503. The molecule has 33 heavy (non-hydrogen) atoms. The molecule has 1 fully saturated rings. The number of anilines is 1. The number of nitrogens with one attached hydrogen (secondary N) is 1. The number of carbonyl (C=O) groups is 3. The molecule has 1 aliphatic heterocycles. The topological polar surface area (TPSA) is 103 Å². The molecule has 1 N–H and O–H groups in total. The van der Waals surface area contributed by atoms with Crippen LogP contribution >= 0.6 is 11.6 Å². The quantitative estimate of drug-likeness (QED) is 0.584. The van der Waals surface area contributed by atoms with Gasteiger partial charge in [0.25, 0.3) is 0 Å². The van der Waals surface area contributed by atoms with Crippen molar-refractivity contribution in [3.05, 3.63) is 46.5 Å². The van der Waals surface area contributed by atoms with Gasteiger partial charge in [-0.1, -0.05) is 17.7 Å². The van der Waals surface area contributed by atoms with E-state index in [1.54, 1.807) is 30.3 Å². The fraction of sp³-hybridized carbons (Fsp3) is 0.348. The molecule has 0 bridgehead atoms. The predicted octanol–water partition coefficient (Wildman–Crippen LogP) is 2.82. The van der Waals surface area contributed by atoms with Crippen LogP contribution in [0.4, 0.5) is 5.69 Å². The summed E-state index contributed by atoms with van der Waals surface area (Å²) in [4.78, 5) is 38.9. The second-order valence-electron chi connectivity index (χ2n) is 7.31. The van der Waals surface area contributed by atoms with Crippen molar-refractivity contribution in [3.8, 4) is 17.2 Å². The third-order valence-electron chi connectivity index (χ3n) is 5.38. The Morgan fingerprint density at radius 2 is 1.73 bits per heavy atom. The minimum Gasteiger partial charge on any atom is -0.496 e. The number of nitrogens with zero attached hydrogens (tertiary/aromatic N) is 1. The average molecular weight is 477 g/mol. The number of ether oxygens (including phenoxy) is 4. The molecule has 1 aliphatic rings. The molecule has 2 aromatic rings. The highest BCUT2D eigenvalue weighted by atomic mass is 35.5. The lowest BCUT2D eigenvalue weighted by Gasteiger charge is -2.21. The molecule has 0 unspecified atom stereocenters. The van der Waals surface area contributed by atoms with Crippen molar-refractivity contribution in [2.24, 2.45) is 5.92 Å². The average Bonchev–Trinajstić information content (AvgIpc) is 3.22. The molecule has 0 saturated carbocycles. The van der Waals surface area contributed by atoms with E-state index in [4.69, 9.17) is 30.5 Å². The van der Waals surface area contributed by atoms with Crippen molar-refractivity contribution in [2.75, 3.05) is 39.9 Å². The summed E-state index contributed by atoms with van der Waals surface area (Å²) in [6.45, 7) is 0.356. The number of hydrogen-bond acceptors (Lipinski definition) is 7. The lowest BCUT2D eigenvalue weighted by Crippen LogP contribution is -2.32. The number of halogens is 1. The first-order chi connectivity index (χ1) is 15.8. The third kappa shape index (κ3) is 5.14. The first-order valence-electron chi connectivity index (χ1n) is 10.1. The van der Waals surface area contributed by atoms with E-state index in [1.807, 2.05) is 0 Å². The van der Waals surface area contributed by atoms with E-state index in [1.165, 1.54) is 33.3 Å². The fourth-order valence-electron chi connectivity index (χ4n) is 3.64. The SMILES string of the molecule is COC(=O)c1cc(CNC(=O)[C@H]2CC(=O)N(c3cc(Cl)c(OC)cc3OC)C2)ccc1OC. The molecule has 0 radical (unpaired) electrons. The molecule has 2 amide bonds. The van der Waals surface area contributed by atoms with E-state index >= 15 is 0 Å². The summed E-state index contributed by atoms with van der Waals surface area (Å²) in [5.41, 5.74) is 1.42. The molecule has 10 heteroatoms. The monoisotopic (exact) mass is 476 g/mol. The van der Waals surface area contributed by atoms with Gasteiger partial charge in [0.1, 0.15) is 22.8 Å². The number of carbonyl (C=O) groups excluding carboxylic acids is 3. The van der Waals surface area contributed by atoms with Gasteiger partial charge in [-0.25, -0.2) is 4.79 Å². The molecule has 0 spiro atoms. The van der Waals surface area contributed by atoms with Gasteiger partial charge in [-0.3, -0.25) is 9.59 Å². The molecule has 176 valence electrons. The van der Waals surface area contributed by atoms with Gasteiger partial charge in [0.05, 0.1) is 45.1 Å². The molecule has 3 rings (SSSR count). The summed E-state index contributed by atoms with van der Waals surface area (Å²) in [7, 11) is 5.70. The maximum absolute atomic E-state index is 12.8.